The highest BCUT2D eigenvalue weighted by molar-refractivity contribution is 6.23. The molecule has 4 rings (SSSR count). The molecule has 1 aromatic carbocycles. The quantitative estimate of drug-likeness (QED) is 0.651. The number of alkyl halides is 2. The average Bonchev–Trinajstić information content (AvgIpc) is 3.30. The second-order valence-corrected chi connectivity index (χ2v) is 7.79. The van der Waals surface area contributed by atoms with Crippen LogP contribution in [0.2, 0.25) is 0 Å². The monoisotopic (exact) mass is 420 g/mol. The van der Waals surface area contributed by atoms with Gasteiger partial charge in [0.15, 0.2) is 0 Å². The Kier molecular flexibility index (Phi) is 5.61. The first-order valence-corrected chi connectivity index (χ1v) is 9.92. The maximum atomic E-state index is 13.1. The third kappa shape index (κ3) is 3.84. The predicted octanol–water partition coefficient (Wildman–Crippen LogP) is 0.517. The lowest BCUT2D eigenvalue weighted by Crippen LogP contribution is -2.54. The fourth-order valence-electron chi connectivity index (χ4n) is 4.32. The molecular formula is C20H22F2N4O4. The van der Waals surface area contributed by atoms with Crippen LogP contribution in [0.5, 0.6) is 0 Å². The van der Waals surface area contributed by atoms with E-state index in [2.05, 4.69) is 10.6 Å². The maximum Gasteiger partial charge on any atom is 0.262 e. The lowest BCUT2D eigenvalue weighted by atomic mass is 10.0. The van der Waals surface area contributed by atoms with Crippen molar-refractivity contribution in [1.82, 2.24) is 20.4 Å². The highest BCUT2D eigenvalue weighted by Crippen LogP contribution is 2.29. The molecule has 2 atom stereocenters. The highest BCUT2D eigenvalue weighted by atomic mass is 19.3. The number of amides is 4. The molecule has 3 heterocycles. The molecule has 1 aromatic rings. The van der Waals surface area contributed by atoms with Crippen LogP contribution in [0.1, 0.15) is 45.5 Å². The van der Waals surface area contributed by atoms with E-state index in [4.69, 9.17) is 0 Å². The Hall–Kier alpha value is -2.72. The molecule has 1 unspecified atom stereocenters. The third-order valence-electron chi connectivity index (χ3n) is 5.81. The minimum absolute atomic E-state index is 0.0236. The number of imide groups is 2. The van der Waals surface area contributed by atoms with E-state index in [9.17, 15) is 28.0 Å². The number of rotatable bonds is 6. The molecule has 3 aliphatic heterocycles. The lowest BCUT2D eigenvalue weighted by molar-refractivity contribution is -0.136. The Bertz CT molecular complexity index is 901. The first-order valence-electron chi connectivity index (χ1n) is 9.92. The summed E-state index contributed by atoms with van der Waals surface area (Å²) < 4.78 is 26.1. The standard InChI is InChI=1S/C20H22F2N4O4/c21-16(22)10-25(12-5-6-23-8-12)9-11-1-2-13-14(7-11)20(30)26(19(13)29)15-3-4-17(27)24-18(15)28/h1-2,7,12,15-16,23H,3-6,8-10H2,(H,24,27,28)/t12-,15?/m0/s1. The number of nitrogens with one attached hydrogen (secondary N) is 2. The Balaban J connectivity index is 1.55. The van der Waals surface area contributed by atoms with Gasteiger partial charge in [0.25, 0.3) is 18.2 Å². The summed E-state index contributed by atoms with van der Waals surface area (Å²) in [5.74, 6) is -2.29. The van der Waals surface area contributed by atoms with E-state index in [1.165, 1.54) is 6.07 Å². The Morgan fingerprint density at radius 3 is 2.53 bits per heavy atom. The van der Waals surface area contributed by atoms with E-state index < -0.39 is 36.1 Å². The van der Waals surface area contributed by atoms with Gasteiger partial charge < -0.3 is 5.32 Å². The van der Waals surface area contributed by atoms with Gasteiger partial charge in [0, 0.05) is 25.6 Å². The number of halogens is 2. The van der Waals surface area contributed by atoms with E-state index in [0.717, 1.165) is 17.9 Å². The summed E-state index contributed by atoms with van der Waals surface area (Å²) in [5, 5.41) is 5.32. The molecule has 0 bridgehead atoms. The van der Waals surface area contributed by atoms with Crippen molar-refractivity contribution in [2.45, 2.75) is 44.3 Å². The summed E-state index contributed by atoms with van der Waals surface area (Å²) in [7, 11) is 0. The SMILES string of the molecule is O=C1CCC(N2C(=O)c3ccc(CN(CC(F)F)[C@H]4CCNC4)cc3C2=O)C(=O)N1. The second kappa shape index (κ2) is 8.19. The molecule has 2 saturated heterocycles. The lowest BCUT2D eigenvalue weighted by Gasteiger charge is -2.28. The first kappa shape index (κ1) is 20.5. The van der Waals surface area contributed by atoms with Crippen LogP contribution < -0.4 is 10.6 Å². The van der Waals surface area contributed by atoms with Crippen molar-refractivity contribution in [2.24, 2.45) is 0 Å². The predicted molar refractivity (Wildman–Crippen MR) is 101 cm³/mol. The number of carbonyl (C=O) groups is 4. The van der Waals surface area contributed by atoms with Crippen molar-refractivity contribution in [3.63, 3.8) is 0 Å². The molecule has 2 fully saturated rings. The normalized spacial score (nSPS) is 24.2. The van der Waals surface area contributed by atoms with Gasteiger partial charge in [0.2, 0.25) is 11.8 Å². The number of hydrogen-bond acceptors (Lipinski definition) is 6. The van der Waals surface area contributed by atoms with Crippen molar-refractivity contribution in [3.05, 3.63) is 34.9 Å². The number of fused-ring (bicyclic) bond motifs is 1. The van der Waals surface area contributed by atoms with E-state index in [1.807, 2.05) is 0 Å². The van der Waals surface area contributed by atoms with E-state index in [0.29, 0.717) is 12.1 Å². The zero-order chi connectivity index (χ0) is 21.4. The van der Waals surface area contributed by atoms with Gasteiger partial charge in [-0.15, -0.1) is 0 Å². The number of nitrogens with zero attached hydrogens (tertiary/aromatic N) is 2. The van der Waals surface area contributed by atoms with Crippen LogP contribution in [0, 0.1) is 0 Å². The molecule has 30 heavy (non-hydrogen) atoms. The first-order chi connectivity index (χ1) is 14.3. The zero-order valence-corrected chi connectivity index (χ0v) is 16.2. The Morgan fingerprint density at radius 1 is 1.10 bits per heavy atom. The van der Waals surface area contributed by atoms with Crippen molar-refractivity contribution in [2.75, 3.05) is 19.6 Å². The molecule has 0 aromatic heterocycles. The number of carbonyl (C=O) groups excluding carboxylic acids is 4. The third-order valence-corrected chi connectivity index (χ3v) is 5.81. The molecule has 0 aliphatic carbocycles. The van der Waals surface area contributed by atoms with Gasteiger partial charge in [0.1, 0.15) is 6.04 Å². The molecular weight excluding hydrogens is 398 g/mol. The smallest absolute Gasteiger partial charge is 0.262 e. The van der Waals surface area contributed by atoms with Crippen LogP contribution in [0.25, 0.3) is 0 Å². The van der Waals surface area contributed by atoms with Gasteiger partial charge >= 0.3 is 0 Å². The van der Waals surface area contributed by atoms with E-state index >= 15 is 0 Å². The minimum atomic E-state index is -2.48. The zero-order valence-electron chi connectivity index (χ0n) is 16.2. The van der Waals surface area contributed by atoms with Crippen molar-refractivity contribution in [3.8, 4) is 0 Å². The Morgan fingerprint density at radius 2 is 1.87 bits per heavy atom. The van der Waals surface area contributed by atoms with Crippen LogP contribution in [0.15, 0.2) is 18.2 Å². The summed E-state index contributed by atoms with van der Waals surface area (Å²) in [5.41, 5.74) is 0.979. The van der Waals surface area contributed by atoms with Gasteiger partial charge in [0.05, 0.1) is 17.7 Å². The fraction of sp³-hybridized carbons (Fsp3) is 0.500. The second-order valence-electron chi connectivity index (χ2n) is 7.79. The molecule has 0 saturated carbocycles. The number of piperidine rings is 1. The summed E-state index contributed by atoms with van der Waals surface area (Å²) in [6, 6.07) is 3.65. The van der Waals surface area contributed by atoms with E-state index in [-0.39, 0.29) is 43.1 Å². The van der Waals surface area contributed by atoms with Crippen LogP contribution in [-0.4, -0.2) is 71.6 Å². The van der Waals surface area contributed by atoms with Crippen molar-refractivity contribution >= 4 is 23.6 Å². The van der Waals surface area contributed by atoms with Crippen LogP contribution in [-0.2, 0) is 16.1 Å². The minimum Gasteiger partial charge on any atom is -0.315 e. The highest BCUT2D eigenvalue weighted by Gasteiger charge is 2.44. The van der Waals surface area contributed by atoms with Gasteiger partial charge in [-0.3, -0.25) is 34.3 Å². The summed E-state index contributed by atoms with van der Waals surface area (Å²) in [4.78, 5) is 51.7. The molecule has 3 aliphatic rings. The molecule has 8 nitrogen and oxygen atoms in total. The molecule has 2 N–H and O–H groups in total. The summed E-state index contributed by atoms with van der Waals surface area (Å²) >= 11 is 0. The maximum absolute atomic E-state index is 13.1. The number of hydrogen-bond donors (Lipinski definition) is 2. The summed E-state index contributed by atoms with van der Waals surface area (Å²) in [6.07, 6.45) is -1.59. The van der Waals surface area contributed by atoms with Crippen LogP contribution >= 0.6 is 0 Å². The Labute approximate surface area is 171 Å². The molecule has 0 radical (unpaired) electrons. The summed E-state index contributed by atoms with van der Waals surface area (Å²) in [6.45, 7) is 1.24. The van der Waals surface area contributed by atoms with E-state index in [1.54, 1.807) is 17.0 Å². The van der Waals surface area contributed by atoms with Gasteiger partial charge in [-0.05, 0) is 37.1 Å². The van der Waals surface area contributed by atoms with Crippen LogP contribution in [0.4, 0.5) is 8.78 Å². The van der Waals surface area contributed by atoms with Crippen LogP contribution in [0.3, 0.4) is 0 Å². The average molecular weight is 420 g/mol. The molecule has 0 spiro atoms. The van der Waals surface area contributed by atoms with Crippen molar-refractivity contribution < 1.29 is 28.0 Å². The van der Waals surface area contributed by atoms with Gasteiger partial charge in [-0.25, -0.2) is 8.78 Å². The topological polar surface area (TPSA) is 98.8 Å². The molecule has 10 heteroatoms. The van der Waals surface area contributed by atoms with Gasteiger partial charge in [-0.1, -0.05) is 6.07 Å². The molecule has 4 amide bonds. The van der Waals surface area contributed by atoms with Crippen molar-refractivity contribution in [1.29, 1.82) is 0 Å². The largest absolute Gasteiger partial charge is 0.315 e. The molecule has 160 valence electrons. The van der Waals surface area contributed by atoms with Gasteiger partial charge in [-0.2, -0.15) is 0 Å². The fourth-order valence-corrected chi connectivity index (χ4v) is 4.32. The number of benzene rings is 1.